The van der Waals surface area contributed by atoms with Crippen molar-refractivity contribution in [3.05, 3.63) is 77.4 Å². The molecule has 3 aromatic rings. The second-order valence-electron chi connectivity index (χ2n) is 8.07. The molecule has 0 aliphatic carbocycles. The average molecular weight is 384 g/mol. The molecule has 0 bridgehead atoms. The molecular weight excluding hydrogens is 360 g/mol. The van der Waals surface area contributed by atoms with Crippen LogP contribution in [0.4, 0.5) is 5.69 Å². The zero-order valence-electron chi connectivity index (χ0n) is 17.1. The van der Waals surface area contributed by atoms with Gasteiger partial charge in [-0.2, -0.15) is 0 Å². The number of aliphatic imine (C=N–C) groups is 1. The third kappa shape index (κ3) is 2.79. The standard InChI is InChI=1S/C25H24N2O2/c1-15-21-18(27-25(2,3)26-15)14-13-17-22-19(28-4)11-8-12-20(22)29-24(23(17)21)16-9-6-5-7-10-16/h5-14,24,27H,1-4H3. The Morgan fingerprint density at radius 1 is 0.966 bits per heavy atom. The van der Waals surface area contributed by atoms with Crippen LogP contribution in [0.2, 0.25) is 0 Å². The molecule has 4 heteroatoms. The van der Waals surface area contributed by atoms with E-state index in [0.717, 1.165) is 50.7 Å². The van der Waals surface area contributed by atoms with Gasteiger partial charge in [-0.05, 0) is 50.1 Å². The quantitative estimate of drug-likeness (QED) is 0.606. The van der Waals surface area contributed by atoms with E-state index in [1.54, 1.807) is 7.11 Å². The lowest BCUT2D eigenvalue weighted by Gasteiger charge is -2.37. The molecule has 0 radical (unpaired) electrons. The molecule has 2 aliphatic rings. The largest absolute Gasteiger partial charge is 0.496 e. The van der Waals surface area contributed by atoms with E-state index in [-0.39, 0.29) is 11.8 Å². The highest BCUT2D eigenvalue weighted by atomic mass is 16.5. The number of rotatable bonds is 2. The fraction of sp³-hybridized carbons (Fsp3) is 0.240. The van der Waals surface area contributed by atoms with Crippen LogP contribution in [0.25, 0.3) is 11.1 Å². The van der Waals surface area contributed by atoms with Gasteiger partial charge in [-0.1, -0.05) is 42.5 Å². The van der Waals surface area contributed by atoms with E-state index in [4.69, 9.17) is 14.5 Å². The Morgan fingerprint density at radius 3 is 2.52 bits per heavy atom. The van der Waals surface area contributed by atoms with Crippen molar-refractivity contribution in [1.29, 1.82) is 0 Å². The number of nitrogens with zero attached hydrogens (tertiary/aromatic N) is 1. The Balaban J connectivity index is 1.84. The first kappa shape index (κ1) is 17.8. The SMILES string of the molecule is COc1cccc2c1-c1ccc3c(c1C(c1ccccc1)O2)C(C)=NC(C)(C)N3. The topological polar surface area (TPSA) is 42.9 Å². The van der Waals surface area contributed by atoms with Gasteiger partial charge in [-0.3, -0.25) is 4.99 Å². The maximum absolute atomic E-state index is 6.59. The van der Waals surface area contributed by atoms with E-state index in [9.17, 15) is 0 Å². The Labute approximate surface area is 171 Å². The number of methoxy groups -OCH3 is 1. The first-order valence-electron chi connectivity index (χ1n) is 9.89. The third-order valence-corrected chi connectivity index (χ3v) is 5.58. The van der Waals surface area contributed by atoms with Crippen LogP contribution < -0.4 is 14.8 Å². The van der Waals surface area contributed by atoms with Crippen molar-refractivity contribution in [3.8, 4) is 22.6 Å². The predicted molar refractivity (Wildman–Crippen MR) is 117 cm³/mol. The molecule has 1 N–H and O–H groups in total. The van der Waals surface area contributed by atoms with Crippen LogP contribution in [0, 0.1) is 0 Å². The second kappa shape index (κ2) is 6.38. The average Bonchev–Trinajstić information content (AvgIpc) is 2.71. The van der Waals surface area contributed by atoms with E-state index in [1.165, 1.54) is 0 Å². The summed E-state index contributed by atoms with van der Waals surface area (Å²) >= 11 is 0. The number of ether oxygens (including phenoxy) is 2. The summed E-state index contributed by atoms with van der Waals surface area (Å²) in [6.07, 6.45) is -0.214. The molecule has 0 saturated carbocycles. The van der Waals surface area contributed by atoms with Crippen molar-refractivity contribution in [2.75, 3.05) is 12.4 Å². The van der Waals surface area contributed by atoms with Crippen LogP contribution in [0.3, 0.4) is 0 Å². The van der Waals surface area contributed by atoms with Crippen molar-refractivity contribution in [3.63, 3.8) is 0 Å². The fourth-order valence-electron chi connectivity index (χ4n) is 4.53. The van der Waals surface area contributed by atoms with Gasteiger partial charge in [0.05, 0.1) is 12.7 Å². The minimum absolute atomic E-state index is 0.214. The van der Waals surface area contributed by atoms with E-state index in [2.05, 4.69) is 62.5 Å². The predicted octanol–water partition coefficient (Wildman–Crippen LogP) is 5.81. The maximum atomic E-state index is 6.59. The molecule has 0 saturated heterocycles. The lowest BCUT2D eigenvalue weighted by atomic mass is 9.83. The van der Waals surface area contributed by atoms with Gasteiger partial charge < -0.3 is 14.8 Å². The summed E-state index contributed by atoms with van der Waals surface area (Å²) in [6, 6.07) is 20.7. The monoisotopic (exact) mass is 384 g/mol. The molecule has 0 spiro atoms. The van der Waals surface area contributed by atoms with Crippen molar-refractivity contribution in [1.82, 2.24) is 0 Å². The molecule has 4 nitrogen and oxygen atoms in total. The van der Waals surface area contributed by atoms with Gasteiger partial charge in [0.15, 0.2) is 6.10 Å². The van der Waals surface area contributed by atoms with Crippen molar-refractivity contribution in [2.24, 2.45) is 4.99 Å². The molecule has 1 atom stereocenters. The van der Waals surface area contributed by atoms with Crippen molar-refractivity contribution >= 4 is 11.4 Å². The summed E-state index contributed by atoms with van der Waals surface area (Å²) in [5.74, 6) is 1.65. The summed E-state index contributed by atoms with van der Waals surface area (Å²) in [6.45, 7) is 6.26. The molecule has 29 heavy (non-hydrogen) atoms. The van der Waals surface area contributed by atoms with Crippen molar-refractivity contribution in [2.45, 2.75) is 32.5 Å². The minimum Gasteiger partial charge on any atom is -0.496 e. The van der Waals surface area contributed by atoms with E-state index < -0.39 is 0 Å². The minimum atomic E-state index is -0.335. The maximum Gasteiger partial charge on any atom is 0.150 e. The molecule has 3 aromatic carbocycles. The highest BCUT2D eigenvalue weighted by Crippen LogP contribution is 2.51. The summed E-state index contributed by atoms with van der Waals surface area (Å²) < 4.78 is 12.3. The van der Waals surface area contributed by atoms with Gasteiger partial charge in [0.25, 0.3) is 0 Å². The normalized spacial score (nSPS) is 18.3. The molecule has 146 valence electrons. The number of benzene rings is 3. The zero-order valence-corrected chi connectivity index (χ0v) is 17.1. The van der Waals surface area contributed by atoms with Crippen LogP contribution in [-0.4, -0.2) is 18.5 Å². The van der Waals surface area contributed by atoms with Gasteiger partial charge in [0.2, 0.25) is 0 Å². The zero-order chi connectivity index (χ0) is 20.2. The summed E-state index contributed by atoms with van der Waals surface area (Å²) in [4.78, 5) is 4.91. The first-order chi connectivity index (χ1) is 14.0. The summed E-state index contributed by atoms with van der Waals surface area (Å²) in [7, 11) is 1.70. The Hall–Kier alpha value is -3.27. The highest BCUT2D eigenvalue weighted by molar-refractivity contribution is 6.09. The van der Waals surface area contributed by atoms with Crippen LogP contribution in [0.1, 0.15) is 43.6 Å². The van der Waals surface area contributed by atoms with Crippen LogP contribution in [-0.2, 0) is 0 Å². The van der Waals surface area contributed by atoms with Gasteiger partial charge in [-0.15, -0.1) is 0 Å². The van der Waals surface area contributed by atoms with Gasteiger partial charge in [0.1, 0.15) is 17.2 Å². The Morgan fingerprint density at radius 2 is 1.76 bits per heavy atom. The number of hydrogen-bond acceptors (Lipinski definition) is 4. The molecule has 0 fully saturated rings. The third-order valence-electron chi connectivity index (χ3n) is 5.58. The summed E-state index contributed by atoms with van der Waals surface area (Å²) in [5, 5.41) is 3.57. The van der Waals surface area contributed by atoms with Crippen LogP contribution >= 0.6 is 0 Å². The lowest BCUT2D eigenvalue weighted by molar-refractivity contribution is 0.242. The molecule has 0 amide bonds. The number of nitrogens with one attached hydrogen (secondary N) is 1. The van der Waals surface area contributed by atoms with Crippen LogP contribution in [0.15, 0.2) is 65.7 Å². The fourth-order valence-corrected chi connectivity index (χ4v) is 4.53. The molecule has 2 aliphatic heterocycles. The van der Waals surface area contributed by atoms with Crippen LogP contribution in [0.5, 0.6) is 11.5 Å². The van der Waals surface area contributed by atoms with Gasteiger partial charge >= 0.3 is 0 Å². The Kier molecular flexibility index (Phi) is 3.91. The first-order valence-corrected chi connectivity index (χ1v) is 9.89. The van der Waals surface area contributed by atoms with E-state index >= 15 is 0 Å². The smallest absolute Gasteiger partial charge is 0.150 e. The highest BCUT2D eigenvalue weighted by Gasteiger charge is 2.36. The second-order valence-corrected chi connectivity index (χ2v) is 8.07. The lowest BCUT2D eigenvalue weighted by Crippen LogP contribution is -2.35. The Bertz CT molecular complexity index is 1130. The van der Waals surface area contributed by atoms with Gasteiger partial charge in [-0.25, -0.2) is 0 Å². The molecule has 1 unspecified atom stereocenters. The number of anilines is 1. The number of fused-ring (bicyclic) bond motifs is 5. The molecule has 0 aromatic heterocycles. The van der Waals surface area contributed by atoms with Gasteiger partial charge in [0, 0.05) is 22.5 Å². The van der Waals surface area contributed by atoms with Crippen molar-refractivity contribution < 1.29 is 9.47 Å². The number of hydrogen-bond donors (Lipinski definition) is 1. The molecular formula is C25H24N2O2. The van der Waals surface area contributed by atoms with E-state index in [0.29, 0.717) is 0 Å². The molecule has 2 heterocycles. The molecule has 5 rings (SSSR count). The van der Waals surface area contributed by atoms with E-state index in [1.807, 2.05) is 24.3 Å². The summed E-state index contributed by atoms with van der Waals surface area (Å²) in [5.41, 5.74) is 7.27.